The van der Waals surface area contributed by atoms with Crippen molar-refractivity contribution in [2.45, 2.75) is 17.9 Å². The van der Waals surface area contributed by atoms with Crippen molar-refractivity contribution < 1.29 is 13.2 Å². The zero-order valence-electron chi connectivity index (χ0n) is 13.6. The van der Waals surface area contributed by atoms with Crippen LogP contribution < -0.4 is 4.72 Å². The summed E-state index contributed by atoms with van der Waals surface area (Å²) in [7, 11) is 1.13. The van der Waals surface area contributed by atoms with Gasteiger partial charge in [0.15, 0.2) is 0 Å². The summed E-state index contributed by atoms with van der Waals surface area (Å²) in [5.41, 5.74) is 1.34. The quantitative estimate of drug-likeness (QED) is 0.905. The number of carbonyl (C=O) groups excluding carboxylic acids is 1. The average molecular weight is 335 g/mol. The number of carbonyl (C=O) groups is 1. The van der Waals surface area contributed by atoms with Gasteiger partial charge in [0.1, 0.15) is 10.6 Å². The Morgan fingerprint density at radius 1 is 1.26 bits per heavy atom. The first-order valence-electron chi connectivity index (χ1n) is 7.20. The van der Waals surface area contributed by atoms with Gasteiger partial charge < -0.3 is 9.47 Å². The van der Waals surface area contributed by atoms with Gasteiger partial charge in [-0.3, -0.25) is 4.79 Å². The van der Waals surface area contributed by atoms with E-state index in [2.05, 4.69) is 4.72 Å². The Morgan fingerprint density at radius 3 is 2.43 bits per heavy atom. The Kier molecular flexibility index (Phi) is 4.91. The molecule has 0 spiro atoms. The molecule has 0 radical (unpaired) electrons. The lowest BCUT2D eigenvalue weighted by atomic mass is 10.1. The van der Waals surface area contributed by atoms with Gasteiger partial charge >= 0.3 is 0 Å². The van der Waals surface area contributed by atoms with Crippen molar-refractivity contribution in [1.29, 1.82) is 0 Å². The minimum atomic E-state index is -3.57. The zero-order chi connectivity index (χ0) is 17.2. The van der Waals surface area contributed by atoms with Crippen LogP contribution in [0.4, 0.5) is 0 Å². The highest BCUT2D eigenvalue weighted by molar-refractivity contribution is 7.89. The molecule has 0 saturated carbocycles. The second-order valence-corrected chi connectivity index (χ2v) is 7.27. The fourth-order valence-corrected chi connectivity index (χ4v) is 3.12. The highest BCUT2D eigenvalue weighted by Crippen LogP contribution is 2.22. The molecule has 7 heteroatoms. The smallest absolute Gasteiger partial charge is 0.270 e. The molecule has 1 amide bonds. The molecule has 1 aromatic carbocycles. The summed E-state index contributed by atoms with van der Waals surface area (Å²) in [6, 6.07) is 10.9. The highest BCUT2D eigenvalue weighted by Gasteiger charge is 2.24. The number of amides is 1. The Labute approximate surface area is 136 Å². The van der Waals surface area contributed by atoms with Gasteiger partial charge in [-0.05, 0) is 25.6 Å². The van der Waals surface area contributed by atoms with E-state index in [1.165, 1.54) is 23.9 Å². The maximum atomic E-state index is 12.7. The summed E-state index contributed by atoms with van der Waals surface area (Å²) < 4.78 is 27.5. The van der Waals surface area contributed by atoms with Gasteiger partial charge in [0.25, 0.3) is 5.91 Å². The van der Waals surface area contributed by atoms with Crippen molar-refractivity contribution in [1.82, 2.24) is 14.2 Å². The van der Waals surface area contributed by atoms with Crippen LogP contribution in [0.2, 0.25) is 0 Å². The molecular weight excluding hydrogens is 314 g/mol. The van der Waals surface area contributed by atoms with Crippen LogP contribution >= 0.6 is 0 Å². The molecule has 0 bridgehead atoms. The molecular formula is C16H21N3O3S. The summed E-state index contributed by atoms with van der Waals surface area (Å²) in [4.78, 5) is 14.4. The van der Waals surface area contributed by atoms with Crippen LogP contribution in [0.3, 0.4) is 0 Å². The molecule has 1 aromatic heterocycles. The van der Waals surface area contributed by atoms with Gasteiger partial charge in [0.2, 0.25) is 10.0 Å². The third-order valence-electron chi connectivity index (χ3n) is 3.96. The van der Waals surface area contributed by atoms with Crippen LogP contribution in [-0.4, -0.2) is 37.9 Å². The molecule has 0 aliphatic heterocycles. The van der Waals surface area contributed by atoms with Gasteiger partial charge in [-0.2, -0.15) is 0 Å². The number of aromatic nitrogens is 1. The lowest BCUT2D eigenvalue weighted by molar-refractivity contribution is 0.0733. The summed E-state index contributed by atoms with van der Waals surface area (Å²) in [6.07, 6.45) is 1.43. The molecule has 1 heterocycles. The first kappa shape index (κ1) is 17.2. The van der Waals surface area contributed by atoms with Gasteiger partial charge in [-0.25, -0.2) is 13.1 Å². The molecule has 0 aliphatic carbocycles. The Hall–Kier alpha value is -2.12. The topological polar surface area (TPSA) is 71.4 Å². The van der Waals surface area contributed by atoms with Crippen molar-refractivity contribution in [2.24, 2.45) is 7.05 Å². The third-order valence-corrected chi connectivity index (χ3v) is 5.34. The van der Waals surface area contributed by atoms with Crippen LogP contribution in [0, 0.1) is 0 Å². The van der Waals surface area contributed by atoms with E-state index < -0.39 is 10.0 Å². The molecule has 23 heavy (non-hydrogen) atoms. The van der Waals surface area contributed by atoms with E-state index in [-0.39, 0.29) is 16.8 Å². The molecule has 0 unspecified atom stereocenters. The second-order valence-electron chi connectivity index (χ2n) is 5.38. The lowest BCUT2D eigenvalue weighted by Crippen LogP contribution is -2.30. The summed E-state index contributed by atoms with van der Waals surface area (Å²) in [6.45, 7) is 1.93. The van der Waals surface area contributed by atoms with Gasteiger partial charge in [0.05, 0.1) is 6.04 Å². The molecule has 124 valence electrons. The fraction of sp³-hybridized carbons (Fsp3) is 0.312. The number of nitrogens with zero attached hydrogens (tertiary/aromatic N) is 2. The van der Waals surface area contributed by atoms with E-state index in [9.17, 15) is 13.2 Å². The number of hydrogen-bond acceptors (Lipinski definition) is 3. The first-order chi connectivity index (χ1) is 10.8. The van der Waals surface area contributed by atoms with Crippen LogP contribution in [0.1, 0.15) is 29.0 Å². The number of rotatable bonds is 5. The number of nitrogens with one attached hydrogen (secondary N) is 1. The molecule has 0 saturated heterocycles. The molecule has 0 aliphatic rings. The van der Waals surface area contributed by atoms with E-state index in [0.717, 1.165) is 5.56 Å². The monoisotopic (exact) mass is 335 g/mol. The SMILES string of the molecule is CNS(=O)(=O)c1cc(C(=O)N(C)[C@H](C)c2ccccc2)n(C)c1. The van der Waals surface area contributed by atoms with Crippen molar-refractivity contribution in [3.05, 3.63) is 53.9 Å². The average Bonchev–Trinajstić information content (AvgIpc) is 2.96. The Balaban J connectivity index is 2.30. The standard InChI is InChI=1S/C16H21N3O3S/c1-12(13-8-6-5-7-9-13)19(4)16(20)15-10-14(11-18(15)3)23(21,22)17-2/h5-12,17H,1-4H3/t12-/m1/s1. The van der Waals surface area contributed by atoms with Crippen LogP contribution in [0.15, 0.2) is 47.5 Å². The van der Waals surface area contributed by atoms with E-state index in [4.69, 9.17) is 0 Å². The normalized spacial score (nSPS) is 12.9. The van der Waals surface area contributed by atoms with E-state index in [0.29, 0.717) is 5.69 Å². The van der Waals surface area contributed by atoms with Crippen molar-refractivity contribution >= 4 is 15.9 Å². The maximum absolute atomic E-state index is 12.7. The molecule has 1 atom stereocenters. The van der Waals surface area contributed by atoms with Crippen molar-refractivity contribution in [3.8, 4) is 0 Å². The van der Waals surface area contributed by atoms with E-state index >= 15 is 0 Å². The van der Waals surface area contributed by atoms with Crippen LogP contribution in [0.5, 0.6) is 0 Å². The minimum absolute atomic E-state index is 0.0756. The largest absolute Gasteiger partial charge is 0.345 e. The number of aryl methyl sites for hydroxylation is 1. The zero-order valence-corrected chi connectivity index (χ0v) is 14.5. The lowest BCUT2D eigenvalue weighted by Gasteiger charge is -2.25. The van der Waals surface area contributed by atoms with Gasteiger partial charge in [-0.15, -0.1) is 0 Å². The number of benzene rings is 1. The van der Waals surface area contributed by atoms with Crippen molar-refractivity contribution in [2.75, 3.05) is 14.1 Å². The highest BCUT2D eigenvalue weighted by atomic mass is 32.2. The van der Waals surface area contributed by atoms with E-state index in [1.54, 1.807) is 19.0 Å². The number of hydrogen-bond donors (Lipinski definition) is 1. The predicted octanol–water partition coefficient (Wildman–Crippen LogP) is 1.77. The molecule has 2 aromatic rings. The van der Waals surface area contributed by atoms with Gasteiger partial charge in [-0.1, -0.05) is 30.3 Å². The summed E-state index contributed by atoms with van der Waals surface area (Å²) in [5.74, 6) is -0.235. The summed E-state index contributed by atoms with van der Waals surface area (Å²) >= 11 is 0. The maximum Gasteiger partial charge on any atom is 0.270 e. The Morgan fingerprint density at radius 2 is 1.87 bits per heavy atom. The molecule has 2 rings (SSSR count). The van der Waals surface area contributed by atoms with Gasteiger partial charge in [0, 0.05) is 20.3 Å². The predicted molar refractivity (Wildman–Crippen MR) is 88.6 cm³/mol. The fourth-order valence-electron chi connectivity index (χ4n) is 2.32. The van der Waals surface area contributed by atoms with Crippen LogP contribution in [-0.2, 0) is 17.1 Å². The number of sulfonamides is 1. The molecule has 1 N–H and O–H groups in total. The molecule has 6 nitrogen and oxygen atoms in total. The molecule has 0 fully saturated rings. The van der Waals surface area contributed by atoms with Crippen molar-refractivity contribution in [3.63, 3.8) is 0 Å². The first-order valence-corrected chi connectivity index (χ1v) is 8.68. The van der Waals surface area contributed by atoms with Crippen LogP contribution in [0.25, 0.3) is 0 Å². The summed E-state index contributed by atoms with van der Waals surface area (Å²) in [5, 5.41) is 0. The Bertz CT molecular complexity index is 797. The third kappa shape index (κ3) is 3.46. The minimum Gasteiger partial charge on any atom is -0.345 e. The second kappa shape index (κ2) is 6.55. The van der Waals surface area contributed by atoms with E-state index in [1.807, 2.05) is 37.3 Å².